The number of aryl methyl sites for hydroxylation is 2. The molecule has 13 heteroatoms. The van der Waals surface area contributed by atoms with Crippen LogP contribution in [0.4, 0.5) is 4.39 Å². The molecular weight excluding hydrogens is 613 g/mol. The highest BCUT2D eigenvalue weighted by Gasteiger charge is 2.54. The Bertz CT molecular complexity index is 1870. The molecular formula is C35H34FN9O3. The van der Waals surface area contributed by atoms with Gasteiger partial charge in [-0.05, 0) is 119 Å². The molecule has 1 saturated heterocycles. The number of tetrazole rings is 1. The zero-order chi connectivity index (χ0) is 33.6. The van der Waals surface area contributed by atoms with Crippen molar-refractivity contribution in [2.24, 2.45) is 17.4 Å². The van der Waals surface area contributed by atoms with Crippen molar-refractivity contribution in [3.63, 3.8) is 0 Å². The predicted octanol–water partition coefficient (Wildman–Crippen LogP) is 2.07. The number of amides is 3. The molecule has 244 valence electrons. The normalized spacial score (nSPS) is 20.8. The van der Waals surface area contributed by atoms with Crippen molar-refractivity contribution in [2.45, 2.75) is 62.1 Å². The number of aromatic nitrogens is 4. The first-order valence-corrected chi connectivity index (χ1v) is 16.0. The van der Waals surface area contributed by atoms with Crippen LogP contribution in [-0.2, 0) is 29.5 Å². The number of benzene rings is 3. The summed E-state index contributed by atoms with van der Waals surface area (Å²) in [4.78, 5) is 39.9. The number of aromatic amines is 1. The minimum atomic E-state index is -1.07. The number of nitriles is 1. The lowest BCUT2D eigenvalue weighted by molar-refractivity contribution is -0.131. The fourth-order valence-corrected chi connectivity index (χ4v) is 7.81. The monoisotopic (exact) mass is 647 g/mol. The second-order valence-corrected chi connectivity index (χ2v) is 13.0. The van der Waals surface area contributed by atoms with E-state index < -0.39 is 29.3 Å². The van der Waals surface area contributed by atoms with Crippen LogP contribution < -0.4 is 16.8 Å². The Kier molecular flexibility index (Phi) is 7.96. The number of hydrogen-bond acceptors (Lipinski definition) is 8. The van der Waals surface area contributed by atoms with Crippen LogP contribution in [0.1, 0.15) is 73.6 Å². The third-order valence-corrected chi connectivity index (χ3v) is 10.1. The summed E-state index contributed by atoms with van der Waals surface area (Å²) < 4.78 is 14.0. The maximum absolute atomic E-state index is 14.0. The van der Waals surface area contributed by atoms with Crippen molar-refractivity contribution in [1.82, 2.24) is 30.8 Å². The maximum Gasteiger partial charge on any atom is 0.248 e. The van der Waals surface area contributed by atoms with Gasteiger partial charge in [-0.25, -0.2) is 9.49 Å². The van der Waals surface area contributed by atoms with Crippen molar-refractivity contribution in [2.75, 3.05) is 6.54 Å². The number of hydrogen-bond donors (Lipinski definition) is 4. The van der Waals surface area contributed by atoms with E-state index in [0.717, 1.165) is 34.2 Å². The van der Waals surface area contributed by atoms with Crippen molar-refractivity contribution in [3.8, 4) is 6.07 Å². The highest BCUT2D eigenvalue weighted by Crippen LogP contribution is 2.48. The highest BCUT2D eigenvalue weighted by molar-refractivity contribution is 5.94. The fourth-order valence-electron chi connectivity index (χ4n) is 7.81. The van der Waals surface area contributed by atoms with Crippen LogP contribution in [0.3, 0.4) is 0 Å². The van der Waals surface area contributed by atoms with E-state index in [1.54, 1.807) is 41.3 Å². The lowest BCUT2D eigenvalue weighted by Gasteiger charge is -2.38. The number of carbonyl (C=O) groups is 3. The summed E-state index contributed by atoms with van der Waals surface area (Å²) in [5.41, 5.74) is 15.2. The van der Waals surface area contributed by atoms with E-state index in [1.165, 1.54) is 12.1 Å². The molecule has 1 aliphatic heterocycles. The quantitative estimate of drug-likeness (QED) is 0.201. The Balaban J connectivity index is 1.35. The summed E-state index contributed by atoms with van der Waals surface area (Å²) in [6.45, 7) is -0.0149. The average Bonchev–Trinajstić information content (AvgIpc) is 3.46. The van der Waals surface area contributed by atoms with Gasteiger partial charge in [0.15, 0.2) is 5.82 Å². The van der Waals surface area contributed by atoms with E-state index in [0.29, 0.717) is 55.0 Å². The molecule has 0 radical (unpaired) electrons. The summed E-state index contributed by atoms with van der Waals surface area (Å²) in [5, 5.41) is 28.5. The molecule has 3 aliphatic rings. The fraction of sp³-hybridized carbons (Fsp3) is 0.343. The molecule has 48 heavy (non-hydrogen) atoms. The van der Waals surface area contributed by atoms with Gasteiger partial charge in [0.05, 0.1) is 18.0 Å². The van der Waals surface area contributed by atoms with E-state index in [2.05, 4.69) is 32.0 Å². The van der Waals surface area contributed by atoms with Crippen LogP contribution in [-0.4, -0.2) is 67.9 Å². The molecule has 3 aromatic carbocycles. The number of carbonyl (C=O) groups excluding carboxylic acids is 3. The second kappa shape index (κ2) is 12.3. The van der Waals surface area contributed by atoms with Crippen LogP contribution in [0.5, 0.6) is 0 Å². The van der Waals surface area contributed by atoms with E-state index in [4.69, 9.17) is 11.5 Å². The van der Waals surface area contributed by atoms with Gasteiger partial charge in [-0.15, -0.1) is 5.10 Å². The average molecular weight is 648 g/mol. The van der Waals surface area contributed by atoms with Gasteiger partial charge < -0.3 is 21.7 Å². The molecule has 12 nitrogen and oxygen atoms in total. The lowest BCUT2D eigenvalue weighted by atomic mass is 9.67. The molecule has 6 N–H and O–H groups in total. The van der Waals surface area contributed by atoms with Crippen LogP contribution in [0.2, 0.25) is 0 Å². The number of rotatable bonds is 10. The molecule has 1 aromatic heterocycles. The largest absolute Gasteiger partial charge is 0.366 e. The first-order valence-electron chi connectivity index (χ1n) is 16.0. The standard InChI is InChI=1S/C35H34FN9O3/c36-25-7-1-19(2-8-25)11-26(40-18-31(46)45-27(17-37)14-24-15-30(24)45)16-35(34-41-43-44-42-34)28-9-5-22(32(38)47)12-20(28)3-4-21-13-23(33(39)48)6-10-29(21)35/h1-2,5-10,12-13,24,26-27,30,40H,3-4,11,14-16,18H2,(H2,38,47)(H2,39,48)(H,41,42,43,44)/t24-,26+,27?,30+/m1/s1. The first kappa shape index (κ1) is 31.1. The third-order valence-electron chi connectivity index (χ3n) is 10.1. The van der Waals surface area contributed by atoms with E-state index in [9.17, 15) is 24.0 Å². The second-order valence-electron chi connectivity index (χ2n) is 13.0. The van der Waals surface area contributed by atoms with Crippen LogP contribution in [0.25, 0.3) is 0 Å². The van der Waals surface area contributed by atoms with Crippen LogP contribution >= 0.6 is 0 Å². The van der Waals surface area contributed by atoms with Gasteiger partial charge in [0.25, 0.3) is 0 Å². The highest BCUT2D eigenvalue weighted by atomic mass is 19.1. The smallest absolute Gasteiger partial charge is 0.248 e. The van der Waals surface area contributed by atoms with Gasteiger partial charge in [0.2, 0.25) is 17.7 Å². The Hall–Kier alpha value is -5.48. The number of halogens is 1. The number of nitrogens with two attached hydrogens (primary N) is 2. The predicted molar refractivity (Wildman–Crippen MR) is 171 cm³/mol. The maximum atomic E-state index is 14.0. The summed E-state index contributed by atoms with van der Waals surface area (Å²) in [5.74, 6) is -0.830. The molecule has 1 unspecified atom stereocenters. The minimum Gasteiger partial charge on any atom is -0.366 e. The molecule has 2 heterocycles. The number of primary amides is 2. The van der Waals surface area contributed by atoms with Gasteiger partial charge in [-0.2, -0.15) is 5.26 Å². The molecule has 3 amide bonds. The molecule has 7 rings (SSSR count). The Morgan fingerprint density at radius 3 is 2.21 bits per heavy atom. The number of piperidine rings is 1. The minimum absolute atomic E-state index is 0.0149. The molecule has 1 saturated carbocycles. The Labute approximate surface area is 275 Å². The van der Waals surface area contributed by atoms with Crippen molar-refractivity contribution >= 4 is 17.7 Å². The SMILES string of the molecule is N#CC1C[C@@H]2C[C@@H]2N1C(=O)CN[C@@H](Cc1ccc(F)cc1)CC1(c2nnn[nH]2)c2ccc(C(N)=O)cc2CCc2cc(C(N)=O)ccc21. The number of nitrogens with zero attached hydrogens (tertiary/aromatic N) is 5. The van der Waals surface area contributed by atoms with Gasteiger partial charge in [0, 0.05) is 23.2 Å². The van der Waals surface area contributed by atoms with Crippen molar-refractivity contribution in [1.29, 1.82) is 5.26 Å². The van der Waals surface area contributed by atoms with E-state index in [-0.39, 0.29) is 24.3 Å². The van der Waals surface area contributed by atoms with E-state index in [1.807, 2.05) is 12.1 Å². The van der Waals surface area contributed by atoms with Crippen LogP contribution in [0, 0.1) is 23.1 Å². The lowest BCUT2D eigenvalue weighted by Crippen LogP contribution is -2.48. The third kappa shape index (κ3) is 5.58. The molecule has 2 aliphatic carbocycles. The summed E-state index contributed by atoms with van der Waals surface area (Å²) in [6.07, 6.45) is 3.38. The van der Waals surface area contributed by atoms with Gasteiger partial charge in [-0.3, -0.25) is 14.4 Å². The summed E-state index contributed by atoms with van der Waals surface area (Å²) in [6, 6.07) is 18.4. The van der Waals surface area contributed by atoms with Crippen molar-refractivity contribution < 1.29 is 18.8 Å². The molecule has 4 atom stereocenters. The van der Waals surface area contributed by atoms with Gasteiger partial charge >= 0.3 is 0 Å². The van der Waals surface area contributed by atoms with Crippen LogP contribution in [0.15, 0.2) is 60.7 Å². The zero-order valence-electron chi connectivity index (χ0n) is 26.0. The summed E-state index contributed by atoms with van der Waals surface area (Å²) in [7, 11) is 0. The Morgan fingerprint density at radius 2 is 1.65 bits per heavy atom. The number of nitrogens with one attached hydrogen (secondary N) is 2. The first-order chi connectivity index (χ1) is 23.2. The van der Waals surface area contributed by atoms with Gasteiger partial charge in [-0.1, -0.05) is 24.3 Å². The summed E-state index contributed by atoms with van der Waals surface area (Å²) >= 11 is 0. The topological polar surface area (TPSA) is 197 Å². The van der Waals surface area contributed by atoms with Crippen molar-refractivity contribution in [3.05, 3.63) is 111 Å². The number of fused-ring (bicyclic) bond motifs is 3. The number of H-pyrrole nitrogens is 1. The molecule has 2 fully saturated rings. The molecule has 4 aromatic rings. The number of likely N-dealkylation sites (tertiary alicyclic amines) is 1. The van der Waals surface area contributed by atoms with E-state index >= 15 is 0 Å². The molecule has 0 bridgehead atoms. The zero-order valence-corrected chi connectivity index (χ0v) is 26.0. The van der Waals surface area contributed by atoms with Gasteiger partial charge in [0.1, 0.15) is 11.9 Å². The Morgan fingerprint density at radius 1 is 1.00 bits per heavy atom. The molecule has 0 spiro atoms.